The van der Waals surface area contributed by atoms with Crippen molar-refractivity contribution in [3.63, 3.8) is 0 Å². The number of carbonyl (C=O) groups excluding carboxylic acids is 1. The molecule has 1 fully saturated rings. The molecule has 1 aliphatic carbocycles. The molecule has 0 bridgehead atoms. The fourth-order valence-electron chi connectivity index (χ4n) is 2.44. The van der Waals surface area contributed by atoms with Gasteiger partial charge in [0.1, 0.15) is 5.60 Å². The van der Waals surface area contributed by atoms with Gasteiger partial charge in [0, 0.05) is 19.7 Å². The summed E-state index contributed by atoms with van der Waals surface area (Å²) < 4.78 is 5.33. The highest BCUT2D eigenvalue weighted by molar-refractivity contribution is 5.84. The zero-order valence-corrected chi connectivity index (χ0v) is 12.0. The normalized spacial score (nSPS) is 17.8. The summed E-state index contributed by atoms with van der Waals surface area (Å²) in [4.78, 5) is 14.6. The van der Waals surface area contributed by atoms with Gasteiger partial charge in [-0.05, 0) is 32.6 Å². The molecular formula is C14H27NO2. The third kappa shape index (κ3) is 3.70. The first-order valence-corrected chi connectivity index (χ1v) is 6.74. The molecule has 0 unspecified atom stereocenters. The van der Waals surface area contributed by atoms with E-state index in [2.05, 4.69) is 18.7 Å². The van der Waals surface area contributed by atoms with Gasteiger partial charge < -0.3 is 9.64 Å². The standard InChI is InChI=1S/C14H27NO2/c1-11(2)10-15(12-8-6-7-9-12)13(16)14(3,4)17-5/h11-12H,6-10H2,1-5H3. The topological polar surface area (TPSA) is 29.5 Å². The molecule has 17 heavy (non-hydrogen) atoms. The SMILES string of the molecule is COC(C)(C)C(=O)N(CC(C)C)C1CCCC1. The maximum Gasteiger partial charge on any atom is 0.254 e. The summed E-state index contributed by atoms with van der Waals surface area (Å²) in [5.41, 5.74) is -0.697. The van der Waals surface area contributed by atoms with Gasteiger partial charge in [0.15, 0.2) is 0 Å². The predicted octanol–water partition coefficient (Wildman–Crippen LogP) is 2.84. The van der Waals surface area contributed by atoms with Crippen molar-refractivity contribution < 1.29 is 9.53 Å². The number of ether oxygens (including phenoxy) is 1. The summed E-state index contributed by atoms with van der Waals surface area (Å²) in [6.07, 6.45) is 4.80. The maximum atomic E-state index is 12.5. The van der Waals surface area contributed by atoms with Gasteiger partial charge in [-0.3, -0.25) is 4.79 Å². The van der Waals surface area contributed by atoms with Crippen molar-refractivity contribution in [2.45, 2.75) is 65.0 Å². The molecular weight excluding hydrogens is 214 g/mol. The Labute approximate surface area is 106 Å². The molecule has 1 saturated carbocycles. The Bertz CT molecular complexity index is 255. The third-order valence-electron chi connectivity index (χ3n) is 3.61. The second-order valence-corrected chi connectivity index (χ2v) is 6.00. The maximum absolute atomic E-state index is 12.5. The third-order valence-corrected chi connectivity index (χ3v) is 3.61. The minimum absolute atomic E-state index is 0.139. The van der Waals surface area contributed by atoms with Crippen molar-refractivity contribution in [2.75, 3.05) is 13.7 Å². The zero-order chi connectivity index (χ0) is 13.1. The minimum Gasteiger partial charge on any atom is -0.369 e. The number of hydrogen-bond acceptors (Lipinski definition) is 2. The number of nitrogens with zero attached hydrogens (tertiary/aromatic N) is 1. The van der Waals surface area contributed by atoms with E-state index in [0.29, 0.717) is 12.0 Å². The quantitative estimate of drug-likeness (QED) is 0.740. The highest BCUT2D eigenvalue weighted by Crippen LogP contribution is 2.27. The molecule has 3 nitrogen and oxygen atoms in total. The van der Waals surface area contributed by atoms with Crippen LogP contribution < -0.4 is 0 Å². The van der Waals surface area contributed by atoms with Gasteiger partial charge in [-0.2, -0.15) is 0 Å². The first kappa shape index (κ1) is 14.5. The van der Waals surface area contributed by atoms with Crippen LogP contribution in [-0.2, 0) is 9.53 Å². The van der Waals surface area contributed by atoms with E-state index in [4.69, 9.17) is 4.74 Å². The Morgan fingerprint density at radius 3 is 2.29 bits per heavy atom. The zero-order valence-electron chi connectivity index (χ0n) is 12.0. The monoisotopic (exact) mass is 241 g/mol. The average Bonchev–Trinajstić information content (AvgIpc) is 2.77. The summed E-state index contributed by atoms with van der Waals surface area (Å²) in [5, 5.41) is 0. The Morgan fingerprint density at radius 2 is 1.88 bits per heavy atom. The smallest absolute Gasteiger partial charge is 0.254 e. The van der Waals surface area contributed by atoms with Crippen LogP contribution in [0, 0.1) is 5.92 Å². The van der Waals surface area contributed by atoms with Crippen molar-refractivity contribution in [3.8, 4) is 0 Å². The van der Waals surface area contributed by atoms with Crippen molar-refractivity contribution in [3.05, 3.63) is 0 Å². The first-order valence-electron chi connectivity index (χ1n) is 6.74. The second-order valence-electron chi connectivity index (χ2n) is 6.00. The molecule has 0 heterocycles. The molecule has 0 atom stereocenters. The molecule has 0 aromatic heterocycles. The highest BCUT2D eigenvalue weighted by atomic mass is 16.5. The molecule has 1 aliphatic rings. The largest absolute Gasteiger partial charge is 0.369 e. The number of rotatable bonds is 5. The lowest BCUT2D eigenvalue weighted by molar-refractivity contribution is -0.154. The van der Waals surface area contributed by atoms with Gasteiger partial charge in [-0.15, -0.1) is 0 Å². The van der Waals surface area contributed by atoms with Gasteiger partial charge in [0.05, 0.1) is 0 Å². The van der Waals surface area contributed by atoms with Gasteiger partial charge in [0.25, 0.3) is 5.91 Å². The summed E-state index contributed by atoms with van der Waals surface area (Å²) in [5.74, 6) is 0.646. The van der Waals surface area contributed by atoms with E-state index in [1.54, 1.807) is 7.11 Å². The van der Waals surface area contributed by atoms with Gasteiger partial charge >= 0.3 is 0 Å². The molecule has 0 aromatic rings. The molecule has 3 heteroatoms. The molecule has 100 valence electrons. The van der Waals surface area contributed by atoms with Crippen LogP contribution in [0.1, 0.15) is 53.4 Å². The summed E-state index contributed by atoms with van der Waals surface area (Å²) >= 11 is 0. The molecule has 0 spiro atoms. The summed E-state index contributed by atoms with van der Waals surface area (Å²) in [7, 11) is 1.61. The van der Waals surface area contributed by atoms with Crippen LogP contribution in [0.3, 0.4) is 0 Å². The predicted molar refractivity (Wildman–Crippen MR) is 69.9 cm³/mol. The van der Waals surface area contributed by atoms with Gasteiger partial charge in [-0.25, -0.2) is 0 Å². The minimum atomic E-state index is -0.697. The van der Waals surface area contributed by atoms with Crippen LogP contribution in [0.4, 0.5) is 0 Å². The second kappa shape index (κ2) is 5.85. The number of carbonyl (C=O) groups is 1. The van der Waals surface area contributed by atoms with E-state index in [1.807, 2.05) is 13.8 Å². The van der Waals surface area contributed by atoms with E-state index < -0.39 is 5.60 Å². The number of hydrogen-bond donors (Lipinski definition) is 0. The van der Waals surface area contributed by atoms with E-state index >= 15 is 0 Å². The van der Waals surface area contributed by atoms with E-state index in [-0.39, 0.29) is 5.91 Å². The molecule has 0 radical (unpaired) electrons. The Morgan fingerprint density at radius 1 is 1.35 bits per heavy atom. The van der Waals surface area contributed by atoms with Crippen molar-refractivity contribution in [1.82, 2.24) is 4.90 Å². The lowest BCUT2D eigenvalue weighted by Crippen LogP contribution is -2.51. The Balaban J connectivity index is 2.78. The summed E-state index contributed by atoms with van der Waals surface area (Å²) in [6, 6.07) is 0.430. The molecule has 0 aliphatic heterocycles. The molecule has 0 saturated heterocycles. The summed E-state index contributed by atoms with van der Waals surface area (Å²) in [6.45, 7) is 8.88. The van der Waals surface area contributed by atoms with Crippen LogP contribution >= 0.6 is 0 Å². The van der Waals surface area contributed by atoms with Crippen molar-refractivity contribution in [1.29, 1.82) is 0 Å². The fourth-order valence-corrected chi connectivity index (χ4v) is 2.44. The van der Waals surface area contributed by atoms with Crippen LogP contribution in [0.5, 0.6) is 0 Å². The van der Waals surface area contributed by atoms with E-state index in [0.717, 1.165) is 19.4 Å². The average molecular weight is 241 g/mol. The highest BCUT2D eigenvalue weighted by Gasteiger charge is 2.36. The molecule has 0 aromatic carbocycles. The lowest BCUT2D eigenvalue weighted by atomic mass is 10.0. The van der Waals surface area contributed by atoms with E-state index in [9.17, 15) is 4.79 Å². The number of methoxy groups -OCH3 is 1. The first-order chi connectivity index (χ1) is 7.88. The van der Waals surface area contributed by atoms with Crippen molar-refractivity contribution >= 4 is 5.91 Å². The fraction of sp³-hybridized carbons (Fsp3) is 0.929. The van der Waals surface area contributed by atoms with Crippen LogP contribution in [-0.4, -0.2) is 36.1 Å². The van der Waals surface area contributed by atoms with Crippen LogP contribution in [0.15, 0.2) is 0 Å². The lowest BCUT2D eigenvalue weighted by Gasteiger charge is -2.36. The molecule has 1 amide bonds. The molecule has 1 rings (SSSR count). The van der Waals surface area contributed by atoms with Gasteiger partial charge in [-0.1, -0.05) is 26.7 Å². The van der Waals surface area contributed by atoms with Gasteiger partial charge in [0.2, 0.25) is 0 Å². The Kier molecular flexibility index (Phi) is 4.99. The van der Waals surface area contributed by atoms with Crippen LogP contribution in [0.25, 0.3) is 0 Å². The van der Waals surface area contributed by atoms with Crippen molar-refractivity contribution in [2.24, 2.45) is 5.92 Å². The van der Waals surface area contributed by atoms with E-state index in [1.165, 1.54) is 12.8 Å². The Hall–Kier alpha value is -0.570. The number of amides is 1. The molecule has 0 N–H and O–H groups in total. The van der Waals surface area contributed by atoms with Crippen LogP contribution in [0.2, 0.25) is 0 Å².